The van der Waals surface area contributed by atoms with Gasteiger partial charge in [0.05, 0.1) is 5.54 Å². The van der Waals surface area contributed by atoms with Crippen molar-refractivity contribution >= 4 is 17.7 Å². The van der Waals surface area contributed by atoms with Crippen molar-refractivity contribution in [1.82, 2.24) is 5.32 Å². The van der Waals surface area contributed by atoms with Gasteiger partial charge in [0.1, 0.15) is 0 Å². The molecule has 2 aliphatic carbocycles. The van der Waals surface area contributed by atoms with Gasteiger partial charge in [0.25, 0.3) is 0 Å². The van der Waals surface area contributed by atoms with Crippen molar-refractivity contribution in [3.8, 4) is 0 Å². The fourth-order valence-corrected chi connectivity index (χ4v) is 4.21. The lowest BCUT2D eigenvalue weighted by atomic mass is 9.80. The highest BCUT2D eigenvalue weighted by molar-refractivity contribution is 7.99. The van der Waals surface area contributed by atoms with E-state index < -0.39 is 5.54 Å². The van der Waals surface area contributed by atoms with Crippen molar-refractivity contribution in [3.05, 3.63) is 0 Å². The summed E-state index contributed by atoms with van der Waals surface area (Å²) in [6, 6.07) is 0.507. The maximum absolute atomic E-state index is 11.9. The Bertz CT molecular complexity index is 323. The molecule has 2 fully saturated rings. The van der Waals surface area contributed by atoms with Gasteiger partial charge in [-0.05, 0) is 50.2 Å². The van der Waals surface area contributed by atoms with Crippen LogP contribution in [0.4, 0.5) is 0 Å². The molecule has 2 aliphatic rings. The average Bonchev–Trinajstić information content (AvgIpc) is 3.20. The number of nitrogens with one attached hydrogen (secondary N) is 1. The van der Waals surface area contributed by atoms with Crippen LogP contribution in [0.1, 0.15) is 45.4 Å². The van der Waals surface area contributed by atoms with Crippen molar-refractivity contribution in [2.24, 2.45) is 11.7 Å². The third-order valence-corrected chi connectivity index (χ3v) is 5.80. The van der Waals surface area contributed by atoms with E-state index in [4.69, 9.17) is 10.8 Å². The number of amides is 1. The van der Waals surface area contributed by atoms with Crippen LogP contribution in [0, 0.1) is 5.92 Å². The standard InChI is InChI=1S/C14H26N2O2S/c1-10(8-17)9-19-12-3-2-6-14(7-12,13(15)18)16-11-4-5-11/h10-12,16-17H,2-9H2,1H3,(H2,15,18). The quantitative estimate of drug-likeness (QED) is 0.659. The Kier molecular flexibility index (Phi) is 5.15. The van der Waals surface area contributed by atoms with Gasteiger partial charge in [0, 0.05) is 17.9 Å². The minimum atomic E-state index is -0.473. The molecule has 110 valence electrons. The Morgan fingerprint density at radius 3 is 2.84 bits per heavy atom. The summed E-state index contributed by atoms with van der Waals surface area (Å²) >= 11 is 1.89. The third kappa shape index (κ3) is 4.10. The molecule has 0 aromatic carbocycles. The van der Waals surface area contributed by atoms with Crippen LogP contribution in [0.2, 0.25) is 0 Å². The fraction of sp³-hybridized carbons (Fsp3) is 0.929. The van der Waals surface area contributed by atoms with Gasteiger partial charge in [-0.15, -0.1) is 0 Å². The number of hydrogen-bond acceptors (Lipinski definition) is 4. The Labute approximate surface area is 119 Å². The lowest BCUT2D eigenvalue weighted by Crippen LogP contribution is -2.59. The molecule has 0 saturated heterocycles. The number of aliphatic hydroxyl groups excluding tert-OH is 1. The molecule has 0 aromatic rings. The van der Waals surface area contributed by atoms with Crippen LogP contribution in [0.5, 0.6) is 0 Å². The fourth-order valence-electron chi connectivity index (χ4n) is 2.76. The minimum Gasteiger partial charge on any atom is -0.396 e. The second-order valence-electron chi connectivity index (χ2n) is 6.20. The van der Waals surface area contributed by atoms with Crippen LogP contribution in [0.3, 0.4) is 0 Å². The molecule has 0 bridgehead atoms. The molecule has 4 N–H and O–H groups in total. The first-order valence-corrected chi connectivity index (χ1v) is 8.40. The summed E-state index contributed by atoms with van der Waals surface area (Å²) < 4.78 is 0. The number of hydrogen-bond donors (Lipinski definition) is 3. The Hall–Kier alpha value is -0.260. The van der Waals surface area contributed by atoms with E-state index in [0.29, 0.717) is 17.2 Å². The normalized spacial score (nSPS) is 33.1. The molecule has 3 atom stereocenters. The van der Waals surface area contributed by atoms with E-state index in [9.17, 15) is 4.79 Å². The maximum atomic E-state index is 11.9. The Morgan fingerprint density at radius 2 is 2.26 bits per heavy atom. The minimum absolute atomic E-state index is 0.181. The number of aliphatic hydroxyl groups is 1. The predicted octanol–water partition coefficient (Wildman–Crippen LogP) is 1.27. The Morgan fingerprint density at radius 1 is 1.53 bits per heavy atom. The van der Waals surface area contributed by atoms with E-state index in [1.807, 2.05) is 11.8 Å². The van der Waals surface area contributed by atoms with Gasteiger partial charge in [-0.25, -0.2) is 0 Å². The van der Waals surface area contributed by atoms with Gasteiger partial charge < -0.3 is 16.2 Å². The molecule has 1 amide bonds. The first kappa shape index (κ1) is 15.1. The Balaban J connectivity index is 1.90. The highest BCUT2D eigenvalue weighted by Crippen LogP contribution is 2.37. The van der Waals surface area contributed by atoms with Crippen LogP contribution in [0.15, 0.2) is 0 Å². The van der Waals surface area contributed by atoms with Crippen molar-refractivity contribution in [2.45, 2.75) is 62.3 Å². The summed E-state index contributed by atoms with van der Waals surface area (Å²) in [5.41, 5.74) is 5.20. The molecule has 0 heterocycles. The zero-order valence-corrected chi connectivity index (χ0v) is 12.5. The zero-order chi connectivity index (χ0) is 13.9. The van der Waals surface area contributed by atoms with Crippen LogP contribution >= 0.6 is 11.8 Å². The highest BCUT2D eigenvalue weighted by atomic mass is 32.2. The predicted molar refractivity (Wildman–Crippen MR) is 79.0 cm³/mol. The molecule has 3 unspecified atom stereocenters. The van der Waals surface area contributed by atoms with Crippen molar-refractivity contribution in [1.29, 1.82) is 0 Å². The first-order valence-electron chi connectivity index (χ1n) is 7.36. The van der Waals surface area contributed by atoms with E-state index in [1.54, 1.807) is 0 Å². The summed E-state index contributed by atoms with van der Waals surface area (Å²) in [5.74, 6) is 1.10. The summed E-state index contributed by atoms with van der Waals surface area (Å²) in [4.78, 5) is 11.9. The van der Waals surface area contributed by atoms with E-state index in [2.05, 4.69) is 12.2 Å². The topological polar surface area (TPSA) is 75.3 Å². The first-order chi connectivity index (χ1) is 9.05. The SMILES string of the molecule is CC(CO)CSC1CCCC(NC2CC2)(C(N)=O)C1. The molecule has 2 saturated carbocycles. The molecule has 0 radical (unpaired) electrons. The van der Waals surface area contributed by atoms with Gasteiger partial charge in [0.15, 0.2) is 0 Å². The molecule has 2 rings (SSSR count). The van der Waals surface area contributed by atoms with Crippen molar-refractivity contribution in [3.63, 3.8) is 0 Å². The summed E-state index contributed by atoms with van der Waals surface area (Å²) in [5, 5.41) is 13.1. The van der Waals surface area contributed by atoms with Gasteiger partial charge in [-0.3, -0.25) is 4.79 Å². The van der Waals surface area contributed by atoms with Crippen LogP contribution < -0.4 is 11.1 Å². The van der Waals surface area contributed by atoms with E-state index in [1.165, 1.54) is 12.8 Å². The molecule has 0 aliphatic heterocycles. The van der Waals surface area contributed by atoms with E-state index in [-0.39, 0.29) is 12.5 Å². The number of rotatable bonds is 7. The number of carbonyl (C=O) groups is 1. The van der Waals surface area contributed by atoms with Gasteiger partial charge in [-0.2, -0.15) is 11.8 Å². The largest absolute Gasteiger partial charge is 0.396 e. The summed E-state index contributed by atoms with van der Waals surface area (Å²) in [6.45, 7) is 2.29. The monoisotopic (exact) mass is 286 g/mol. The van der Waals surface area contributed by atoms with Crippen LogP contribution in [0.25, 0.3) is 0 Å². The van der Waals surface area contributed by atoms with Crippen LogP contribution in [-0.2, 0) is 4.79 Å². The molecule has 0 spiro atoms. The molecule has 0 aromatic heterocycles. The summed E-state index contributed by atoms with van der Waals surface area (Å²) in [6.07, 6.45) is 6.30. The van der Waals surface area contributed by atoms with Gasteiger partial charge >= 0.3 is 0 Å². The van der Waals surface area contributed by atoms with Gasteiger partial charge in [-0.1, -0.05) is 6.92 Å². The summed E-state index contributed by atoms with van der Waals surface area (Å²) in [7, 11) is 0. The molecular formula is C14H26N2O2S. The van der Waals surface area contributed by atoms with Gasteiger partial charge in [0.2, 0.25) is 5.91 Å². The zero-order valence-electron chi connectivity index (χ0n) is 11.7. The highest BCUT2D eigenvalue weighted by Gasteiger charge is 2.44. The number of thioether (sulfide) groups is 1. The lowest BCUT2D eigenvalue weighted by Gasteiger charge is -2.39. The molecule has 19 heavy (non-hydrogen) atoms. The second-order valence-corrected chi connectivity index (χ2v) is 7.54. The smallest absolute Gasteiger partial charge is 0.237 e. The van der Waals surface area contributed by atoms with Crippen molar-refractivity contribution in [2.75, 3.05) is 12.4 Å². The number of carbonyl (C=O) groups excluding carboxylic acids is 1. The maximum Gasteiger partial charge on any atom is 0.237 e. The van der Waals surface area contributed by atoms with E-state index >= 15 is 0 Å². The third-order valence-electron chi connectivity index (χ3n) is 4.16. The lowest BCUT2D eigenvalue weighted by molar-refractivity contribution is -0.125. The second kappa shape index (κ2) is 6.46. The molecule has 5 heteroatoms. The molecular weight excluding hydrogens is 260 g/mol. The van der Waals surface area contributed by atoms with Crippen LogP contribution in [-0.4, -0.2) is 40.2 Å². The van der Waals surface area contributed by atoms with E-state index in [0.717, 1.165) is 31.4 Å². The average molecular weight is 286 g/mol. The van der Waals surface area contributed by atoms with Crippen molar-refractivity contribution < 1.29 is 9.90 Å². The number of nitrogens with two attached hydrogens (primary N) is 1. The number of primary amides is 1. The molecule has 4 nitrogen and oxygen atoms in total.